The lowest BCUT2D eigenvalue weighted by atomic mass is 10.2. The first-order chi connectivity index (χ1) is 7.77. The molecule has 0 atom stereocenters. The standard InChI is InChI=1S/C9H11F3N4O/c1-16(2)6-3-5(9(10,11)12)4-14-7(6)8(13)15-17/h3-4,17H,1-2H3,(H2,13,15). The maximum Gasteiger partial charge on any atom is 0.417 e. The third-order valence-electron chi connectivity index (χ3n) is 2.03. The van der Waals surface area contributed by atoms with E-state index in [9.17, 15) is 13.2 Å². The second-order valence-corrected chi connectivity index (χ2v) is 3.47. The molecule has 1 heterocycles. The first kappa shape index (κ1) is 13.1. The first-order valence-electron chi connectivity index (χ1n) is 4.50. The molecule has 94 valence electrons. The van der Waals surface area contributed by atoms with Crippen molar-refractivity contribution in [3.8, 4) is 0 Å². The minimum atomic E-state index is -4.48. The second kappa shape index (κ2) is 4.48. The number of nitrogens with two attached hydrogens (primary N) is 1. The summed E-state index contributed by atoms with van der Waals surface area (Å²) in [6, 6.07) is 0.889. The van der Waals surface area contributed by atoms with Crippen LogP contribution in [-0.4, -0.2) is 30.1 Å². The van der Waals surface area contributed by atoms with Crippen molar-refractivity contribution >= 4 is 11.5 Å². The fraction of sp³-hybridized carbons (Fsp3) is 0.333. The number of hydrogen-bond acceptors (Lipinski definition) is 4. The van der Waals surface area contributed by atoms with Gasteiger partial charge in [-0.3, -0.25) is 4.98 Å². The summed E-state index contributed by atoms with van der Waals surface area (Å²) in [6.07, 6.45) is -3.85. The molecule has 0 aromatic carbocycles. The maximum atomic E-state index is 12.5. The van der Waals surface area contributed by atoms with Gasteiger partial charge in [0.2, 0.25) is 0 Å². The van der Waals surface area contributed by atoms with Gasteiger partial charge in [-0.1, -0.05) is 5.16 Å². The molecule has 5 nitrogen and oxygen atoms in total. The van der Waals surface area contributed by atoms with E-state index in [0.29, 0.717) is 6.20 Å². The van der Waals surface area contributed by atoms with Crippen molar-refractivity contribution in [1.29, 1.82) is 0 Å². The zero-order valence-electron chi connectivity index (χ0n) is 9.15. The van der Waals surface area contributed by atoms with Crippen LogP contribution >= 0.6 is 0 Å². The number of oxime groups is 1. The van der Waals surface area contributed by atoms with Crippen LogP contribution in [0.3, 0.4) is 0 Å². The molecule has 0 spiro atoms. The monoisotopic (exact) mass is 248 g/mol. The number of anilines is 1. The fourth-order valence-electron chi connectivity index (χ4n) is 1.19. The molecule has 0 amide bonds. The molecule has 0 radical (unpaired) electrons. The Morgan fingerprint density at radius 3 is 2.47 bits per heavy atom. The first-order valence-corrected chi connectivity index (χ1v) is 4.50. The SMILES string of the molecule is CN(C)c1cc(C(F)(F)F)cnc1/C(N)=N/O. The molecule has 1 aromatic heterocycles. The molecule has 0 saturated carbocycles. The van der Waals surface area contributed by atoms with Gasteiger partial charge in [0.25, 0.3) is 0 Å². The smallest absolute Gasteiger partial charge is 0.409 e. The molecular weight excluding hydrogens is 237 g/mol. The zero-order valence-corrected chi connectivity index (χ0v) is 9.15. The van der Waals surface area contributed by atoms with Gasteiger partial charge in [-0.15, -0.1) is 0 Å². The average Bonchev–Trinajstić information content (AvgIpc) is 2.25. The van der Waals surface area contributed by atoms with Crippen molar-refractivity contribution in [2.24, 2.45) is 10.9 Å². The Bertz CT molecular complexity index is 442. The normalized spacial score (nSPS) is 12.6. The van der Waals surface area contributed by atoms with Gasteiger partial charge in [0, 0.05) is 20.3 Å². The molecule has 0 aliphatic carbocycles. The summed E-state index contributed by atoms with van der Waals surface area (Å²) in [7, 11) is 3.07. The summed E-state index contributed by atoms with van der Waals surface area (Å²) < 4.78 is 37.4. The summed E-state index contributed by atoms with van der Waals surface area (Å²) in [6.45, 7) is 0. The van der Waals surface area contributed by atoms with Crippen LogP contribution in [-0.2, 0) is 6.18 Å². The lowest BCUT2D eigenvalue weighted by Crippen LogP contribution is -2.22. The zero-order chi connectivity index (χ0) is 13.2. The van der Waals surface area contributed by atoms with Crippen LogP contribution in [0.25, 0.3) is 0 Å². The van der Waals surface area contributed by atoms with Crippen LogP contribution in [0.1, 0.15) is 11.3 Å². The Morgan fingerprint density at radius 2 is 2.06 bits per heavy atom. The van der Waals surface area contributed by atoms with Crippen LogP contribution in [0.5, 0.6) is 0 Å². The van der Waals surface area contributed by atoms with Crippen LogP contribution < -0.4 is 10.6 Å². The summed E-state index contributed by atoms with van der Waals surface area (Å²) in [5.41, 5.74) is 4.54. The van der Waals surface area contributed by atoms with E-state index in [1.54, 1.807) is 0 Å². The summed E-state index contributed by atoms with van der Waals surface area (Å²) in [4.78, 5) is 4.96. The molecule has 17 heavy (non-hydrogen) atoms. The van der Waals surface area contributed by atoms with Crippen molar-refractivity contribution in [3.05, 3.63) is 23.5 Å². The van der Waals surface area contributed by atoms with Crippen LogP contribution in [0, 0.1) is 0 Å². The van der Waals surface area contributed by atoms with Crippen molar-refractivity contribution in [2.75, 3.05) is 19.0 Å². The lowest BCUT2D eigenvalue weighted by Gasteiger charge is -2.17. The average molecular weight is 248 g/mol. The summed E-state index contributed by atoms with van der Waals surface area (Å²) in [5, 5.41) is 11.2. The fourth-order valence-corrected chi connectivity index (χ4v) is 1.19. The van der Waals surface area contributed by atoms with Crippen molar-refractivity contribution in [3.63, 3.8) is 0 Å². The number of pyridine rings is 1. The van der Waals surface area contributed by atoms with E-state index in [-0.39, 0.29) is 17.2 Å². The number of nitrogens with zero attached hydrogens (tertiary/aromatic N) is 3. The predicted molar refractivity (Wildman–Crippen MR) is 56.1 cm³/mol. The van der Waals surface area contributed by atoms with Gasteiger partial charge >= 0.3 is 6.18 Å². The van der Waals surface area contributed by atoms with E-state index >= 15 is 0 Å². The molecule has 3 N–H and O–H groups in total. The van der Waals surface area contributed by atoms with Gasteiger partial charge in [0.1, 0.15) is 5.69 Å². The van der Waals surface area contributed by atoms with Crippen molar-refractivity contribution < 1.29 is 18.4 Å². The highest BCUT2D eigenvalue weighted by molar-refractivity contribution is 6.00. The Balaban J connectivity index is 3.38. The highest BCUT2D eigenvalue weighted by Crippen LogP contribution is 2.31. The van der Waals surface area contributed by atoms with Gasteiger partial charge in [-0.25, -0.2) is 0 Å². The summed E-state index contributed by atoms with van der Waals surface area (Å²) >= 11 is 0. The second-order valence-electron chi connectivity index (χ2n) is 3.47. The highest BCUT2D eigenvalue weighted by atomic mass is 19.4. The molecule has 0 aliphatic rings. The Kier molecular flexibility index (Phi) is 3.45. The third-order valence-corrected chi connectivity index (χ3v) is 2.03. The van der Waals surface area contributed by atoms with E-state index in [0.717, 1.165) is 6.07 Å². The van der Waals surface area contributed by atoms with Gasteiger partial charge in [-0.2, -0.15) is 13.2 Å². The lowest BCUT2D eigenvalue weighted by molar-refractivity contribution is -0.137. The topological polar surface area (TPSA) is 74.7 Å². The van der Waals surface area contributed by atoms with Gasteiger partial charge in [-0.05, 0) is 6.07 Å². The minimum Gasteiger partial charge on any atom is -0.409 e. The van der Waals surface area contributed by atoms with Crippen LogP contribution in [0.2, 0.25) is 0 Å². The van der Waals surface area contributed by atoms with E-state index in [4.69, 9.17) is 10.9 Å². The molecule has 1 aromatic rings. The Hall–Kier alpha value is -1.99. The molecule has 0 bridgehead atoms. The van der Waals surface area contributed by atoms with Crippen molar-refractivity contribution in [2.45, 2.75) is 6.18 Å². The van der Waals surface area contributed by atoms with E-state index in [1.807, 2.05) is 0 Å². The summed E-state index contributed by atoms with van der Waals surface area (Å²) in [5.74, 6) is -0.345. The Labute approximate surface area is 95.4 Å². The molecule has 8 heteroatoms. The number of amidine groups is 1. The number of rotatable bonds is 2. The quantitative estimate of drug-likeness (QED) is 0.357. The molecule has 0 saturated heterocycles. The third kappa shape index (κ3) is 2.77. The van der Waals surface area contributed by atoms with E-state index < -0.39 is 11.7 Å². The van der Waals surface area contributed by atoms with Crippen LogP contribution in [0.15, 0.2) is 17.4 Å². The van der Waals surface area contributed by atoms with Crippen molar-refractivity contribution in [1.82, 2.24) is 4.98 Å². The molecule has 0 aliphatic heterocycles. The predicted octanol–water partition coefficient (Wildman–Crippen LogP) is 1.26. The Morgan fingerprint density at radius 1 is 1.47 bits per heavy atom. The van der Waals surface area contributed by atoms with E-state index in [2.05, 4.69) is 10.1 Å². The van der Waals surface area contributed by atoms with Crippen LogP contribution in [0.4, 0.5) is 18.9 Å². The number of alkyl halides is 3. The number of halogens is 3. The maximum absolute atomic E-state index is 12.5. The van der Waals surface area contributed by atoms with E-state index in [1.165, 1.54) is 19.0 Å². The number of aromatic nitrogens is 1. The molecular formula is C9H11F3N4O. The number of hydrogen-bond donors (Lipinski definition) is 2. The molecule has 0 unspecified atom stereocenters. The van der Waals surface area contributed by atoms with Gasteiger partial charge < -0.3 is 15.8 Å². The highest BCUT2D eigenvalue weighted by Gasteiger charge is 2.32. The van der Waals surface area contributed by atoms with Gasteiger partial charge in [0.05, 0.1) is 11.3 Å². The molecule has 0 fully saturated rings. The largest absolute Gasteiger partial charge is 0.417 e. The van der Waals surface area contributed by atoms with Gasteiger partial charge in [0.15, 0.2) is 5.84 Å². The molecule has 1 rings (SSSR count). The minimum absolute atomic E-state index is 0.00880.